The van der Waals surface area contributed by atoms with E-state index in [-0.39, 0.29) is 5.78 Å². The summed E-state index contributed by atoms with van der Waals surface area (Å²) in [6, 6.07) is 19.6. The lowest BCUT2D eigenvalue weighted by molar-refractivity contribution is -0.123. The van der Waals surface area contributed by atoms with Crippen LogP contribution in [0, 0.1) is 5.92 Å². The fraction of sp³-hybridized carbons (Fsp3) is 0.348. The van der Waals surface area contributed by atoms with E-state index in [4.69, 9.17) is 4.74 Å². The second-order valence-corrected chi connectivity index (χ2v) is 6.95. The summed E-state index contributed by atoms with van der Waals surface area (Å²) in [6.45, 7) is 3.11. The predicted molar refractivity (Wildman–Crippen MR) is 103 cm³/mol. The van der Waals surface area contributed by atoms with Gasteiger partial charge in [-0.2, -0.15) is 0 Å². The molecule has 0 radical (unpaired) electrons. The molecule has 1 N–H and O–H groups in total. The minimum Gasteiger partial charge on any atom is -0.380 e. The first-order valence-corrected chi connectivity index (χ1v) is 9.24. The van der Waals surface area contributed by atoms with Crippen molar-refractivity contribution in [2.75, 3.05) is 6.61 Å². The van der Waals surface area contributed by atoms with E-state index in [9.17, 15) is 9.90 Å². The van der Waals surface area contributed by atoms with Gasteiger partial charge in [-0.15, -0.1) is 0 Å². The monoisotopic (exact) mass is 350 g/mol. The van der Waals surface area contributed by atoms with Crippen LogP contribution in [0.15, 0.2) is 72.3 Å². The van der Waals surface area contributed by atoms with E-state index in [0.717, 1.165) is 29.5 Å². The quantitative estimate of drug-likeness (QED) is 0.718. The Morgan fingerprint density at radius 2 is 1.65 bits per heavy atom. The Morgan fingerprint density at radius 1 is 1.00 bits per heavy atom. The predicted octanol–water partition coefficient (Wildman–Crippen LogP) is 4.41. The molecular weight excluding hydrogens is 324 g/mol. The molecule has 2 aromatic rings. The Hall–Kier alpha value is -2.23. The zero-order valence-corrected chi connectivity index (χ0v) is 15.2. The molecule has 0 aliphatic heterocycles. The van der Waals surface area contributed by atoms with E-state index in [1.807, 2.05) is 67.6 Å². The van der Waals surface area contributed by atoms with E-state index < -0.39 is 11.5 Å². The minimum atomic E-state index is -1.18. The summed E-state index contributed by atoms with van der Waals surface area (Å²) in [7, 11) is 0. The molecule has 2 aromatic carbocycles. The molecule has 0 saturated carbocycles. The van der Waals surface area contributed by atoms with Gasteiger partial charge < -0.3 is 9.84 Å². The van der Waals surface area contributed by atoms with Crippen LogP contribution in [0.25, 0.3) is 0 Å². The van der Waals surface area contributed by atoms with Gasteiger partial charge in [0.25, 0.3) is 0 Å². The molecule has 3 heteroatoms. The van der Waals surface area contributed by atoms with Crippen molar-refractivity contribution in [1.82, 2.24) is 0 Å². The van der Waals surface area contributed by atoms with E-state index in [2.05, 4.69) is 0 Å². The standard InChI is InChI=1S/C23H26O3/c1-18-16-22(24)21(23(18,25)20-12-6-3-7-13-20)14-8-9-15-26-17-19-10-4-2-5-11-19/h2-7,10-13,16,21,25H,8-9,14-15,17H2,1H3. The van der Waals surface area contributed by atoms with Gasteiger partial charge in [0.2, 0.25) is 0 Å². The molecule has 0 spiro atoms. The van der Waals surface area contributed by atoms with Crippen molar-refractivity contribution in [2.24, 2.45) is 5.92 Å². The Morgan fingerprint density at radius 3 is 2.35 bits per heavy atom. The van der Waals surface area contributed by atoms with Crippen molar-refractivity contribution < 1.29 is 14.6 Å². The third-order valence-corrected chi connectivity index (χ3v) is 5.16. The van der Waals surface area contributed by atoms with E-state index in [1.165, 1.54) is 0 Å². The van der Waals surface area contributed by atoms with E-state index >= 15 is 0 Å². The normalized spacial score (nSPS) is 22.5. The van der Waals surface area contributed by atoms with Crippen molar-refractivity contribution in [3.8, 4) is 0 Å². The first-order chi connectivity index (χ1) is 12.6. The van der Waals surface area contributed by atoms with Crippen LogP contribution in [0.1, 0.15) is 37.3 Å². The van der Waals surface area contributed by atoms with Crippen LogP contribution in [0.4, 0.5) is 0 Å². The number of unbranched alkanes of at least 4 members (excludes halogenated alkanes) is 1. The Balaban J connectivity index is 1.51. The summed E-state index contributed by atoms with van der Waals surface area (Å²) in [6.07, 6.45) is 3.98. The van der Waals surface area contributed by atoms with E-state index in [0.29, 0.717) is 19.6 Å². The van der Waals surface area contributed by atoms with Crippen molar-refractivity contribution >= 4 is 5.78 Å². The number of carbonyl (C=O) groups is 1. The lowest BCUT2D eigenvalue weighted by Gasteiger charge is -2.32. The zero-order valence-electron chi connectivity index (χ0n) is 15.2. The number of rotatable bonds is 8. The van der Waals surface area contributed by atoms with Crippen LogP contribution in [-0.2, 0) is 21.7 Å². The fourth-order valence-corrected chi connectivity index (χ4v) is 3.69. The molecule has 0 fully saturated rings. The van der Waals surface area contributed by atoms with Gasteiger partial charge in [-0.05, 0) is 42.5 Å². The molecular formula is C23H26O3. The van der Waals surface area contributed by atoms with Crippen molar-refractivity contribution in [1.29, 1.82) is 0 Å². The number of hydrogen-bond acceptors (Lipinski definition) is 3. The molecule has 26 heavy (non-hydrogen) atoms. The van der Waals surface area contributed by atoms with Crippen molar-refractivity contribution in [2.45, 2.75) is 38.4 Å². The fourth-order valence-electron chi connectivity index (χ4n) is 3.69. The molecule has 2 atom stereocenters. The Kier molecular flexibility index (Phi) is 6.02. The van der Waals surface area contributed by atoms with Gasteiger partial charge in [0.15, 0.2) is 5.78 Å². The number of ether oxygens (including phenoxy) is 1. The number of carbonyl (C=O) groups excluding carboxylic acids is 1. The minimum absolute atomic E-state index is 0.0269. The highest BCUT2D eigenvalue weighted by Gasteiger charge is 2.47. The topological polar surface area (TPSA) is 46.5 Å². The summed E-state index contributed by atoms with van der Waals surface area (Å²) in [5, 5.41) is 11.3. The van der Waals surface area contributed by atoms with Crippen LogP contribution in [-0.4, -0.2) is 17.5 Å². The molecule has 1 aliphatic rings. The maximum absolute atomic E-state index is 12.4. The van der Waals surface area contributed by atoms with E-state index in [1.54, 1.807) is 6.08 Å². The summed E-state index contributed by atoms with van der Waals surface area (Å²) in [4.78, 5) is 12.4. The highest BCUT2D eigenvalue weighted by molar-refractivity contribution is 5.97. The third kappa shape index (κ3) is 3.95. The summed E-state index contributed by atoms with van der Waals surface area (Å²) in [5.41, 5.74) is 1.52. The second kappa shape index (κ2) is 8.43. The van der Waals surface area contributed by atoms with Gasteiger partial charge >= 0.3 is 0 Å². The van der Waals surface area contributed by atoms with Crippen molar-refractivity contribution in [3.63, 3.8) is 0 Å². The SMILES string of the molecule is CC1=CC(=O)C(CCCCOCc2ccccc2)C1(O)c1ccccc1. The Bertz CT molecular complexity index is 752. The molecule has 0 bridgehead atoms. The van der Waals surface area contributed by atoms with Crippen LogP contribution in [0.3, 0.4) is 0 Å². The van der Waals surface area contributed by atoms with Gasteiger partial charge in [-0.3, -0.25) is 4.79 Å². The molecule has 136 valence electrons. The van der Waals surface area contributed by atoms with Crippen LogP contribution in [0.5, 0.6) is 0 Å². The van der Waals surface area contributed by atoms with Gasteiger partial charge in [-0.25, -0.2) is 0 Å². The average Bonchev–Trinajstić information content (AvgIpc) is 2.89. The summed E-state index contributed by atoms with van der Waals surface area (Å²) < 4.78 is 5.71. The van der Waals surface area contributed by atoms with Gasteiger partial charge in [-0.1, -0.05) is 67.1 Å². The average molecular weight is 350 g/mol. The van der Waals surface area contributed by atoms with Gasteiger partial charge in [0.1, 0.15) is 5.60 Å². The van der Waals surface area contributed by atoms with Crippen LogP contribution >= 0.6 is 0 Å². The largest absolute Gasteiger partial charge is 0.380 e. The molecule has 3 rings (SSSR count). The molecule has 0 aromatic heterocycles. The number of aliphatic hydroxyl groups is 1. The number of hydrogen-bond donors (Lipinski definition) is 1. The third-order valence-electron chi connectivity index (χ3n) is 5.16. The number of benzene rings is 2. The van der Waals surface area contributed by atoms with Crippen LogP contribution < -0.4 is 0 Å². The maximum atomic E-state index is 12.4. The first-order valence-electron chi connectivity index (χ1n) is 9.24. The van der Waals surface area contributed by atoms with Crippen LogP contribution in [0.2, 0.25) is 0 Å². The highest BCUT2D eigenvalue weighted by Crippen LogP contribution is 2.44. The Labute approximate surface area is 155 Å². The summed E-state index contributed by atoms with van der Waals surface area (Å²) in [5.74, 6) is -0.377. The van der Waals surface area contributed by atoms with Gasteiger partial charge in [0, 0.05) is 6.61 Å². The molecule has 0 heterocycles. The number of ketones is 1. The first kappa shape index (κ1) is 18.6. The zero-order chi connectivity index (χ0) is 18.4. The molecule has 3 nitrogen and oxygen atoms in total. The summed E-state index contributed by atoms with van der Waals surface area (Å²) >= 11 is 0. The molecule has 2 unspecified atom stereocenters. The van der Waals surface area contributed by atoms with Gasteiger partial charge in [0.05, 0.1) is 12.5 Å². The lowest BCUT2D eigenvalue weighted by atomic mass is 9.77. The molecule has 0 saturated heterocycles. The van der Waals surface area contributed by atoms with Crippen molar-refractivity contribution in [3.05, 3.63) is 83.4 Å². The highest BCUT2D eigenvalue weighted by atomic mass is 16.5. The maximum Gasteiger partial charge on any atom is 0.162 e. The molecule has 0 amide bonds. The smallest absolute Gasteiger partial charge is 0.162 e. The molecule has 1 aliphatic carbocycles. The number of allylic oxidation sites excluding steroid dienone is 1. The second-order valence-electron chi connectivity index (χ2n) is 6.95. The lowest BCUT2D eigenvalue weighted by Crippen LogP contribution is -2.35.